The SMILES string of the molecule is O=C1C(=O)N(c2nnc(SCc3ccc(Cl)cc3)s2)C(c2ccc(F)cc2)C1=C(O)c1ccncc1. The molecule has 1 aliphatic rings. The van der Waals surface area contributed by atoms with Gasteiger partial charge in [-0.3, -0.25) is 19.5 Å². The Kier molecular flexibility index (Phi) is 6.82. The average Bonchev–Trinajstić information content (AvgIpc) is 3.46. The second-order valence-corrected chi connectivity index (χ2v) is 10.3. The third-order valence-corrected chi connectivity index (χ3v) is 7.84. The molecular formula is C25H16ClFN4O3S2. The van der Waals surface area contributed by atoms with Gasteiger partial charge in [0.2, 0.25) is 5.13 Å². The molecule has 4 aromatic rings. The lowest BCUT2D eigenvalue weighted by Crippen LogP contribution is -2.29. The molecule has 1 saturated heterocycles. The van der Waals surface area contributed by atoms with Crippen molar-refractivity contribution in [2.45, 2.75) is 16.1 Å². The number of ketones is 1. The standard InChI is InChI=1S/C25H16ClFN4O3S2/c26-17-5-1-14(2-6-17)13-35-25-30-29-24(36-25)31-20(15-3-7-18(27)8-4-15)19(22(33)23(31)34)21(32)16-9-11-28-12-10-16/h1-12,20,32H,13H2. The molecule has 2 aromatic heterocycles. The van der Waals surface area contributed by atoms with Gasteiger partial charge in [0.05, 0.1) is 11.6 Å². The number of amides is 1. The first-order valence-electron chi connectivity index (χ1n) is 10.6. The number of nitrogens with zero attached hydrogens (tertiary/aromatic N) is 4. The number of benzene rings is 2. The molecule has 0 bridgehead atoms. The maximum atomic E-state index is 13.7. The lowest BCUT2D eigenvalue weighted by molar-refractivity contribution is -0.132. The summed E-state index contributed by atoms with van der Waals surface area (Å²) in [6, 6.07) is 14.9. The van der Waals surface area contributed by atoms with Crippen LogP contribution in [0.1, 0.15) is 22.7 Å². The molecule has 1 atom stereocenters. The highest BCUT2D eigenvalue weighted by Crippen LogP contribution is 2.44. The van der Waals surface area contributed by atoms with Gasteiger partial charge >= 0.3 is 5.91 Å². The number of pyridine rings is 1. The Hall–Kier alpha value is -3.60. The molecule has 2 aromatic carbocycles. The summed E-state index contributed by atoms with van der Waals surface area (Å²) in [5.74, 6) is -1.95. The number of hydrogen-bond acceptors (Lipinski definition) is 8. The first-order valence-corrected chi connectivity index (χ1v) is 12.8. The van der Waals surface area contributed by atoms with E-state index in [0.717, 1.165) is 16.9 Å². The molecule has 0 radical (unpaired) electrons. The molecule has 1 unspecified atom stereocenters. The highest BCUT2D eigenvalue weighted by molar-refractivity contribution is 8.00. The summed E-state index contributed by atoms with van der Waals surface area (Å²) in [4.78, 5) is 31.5. The number of aliphatic hydroxyl groups excluding tert-OH is 1. The fourth-order valence-corrected chi connectivity index (χ4v) is 5.69. The number of rotatable bonds is 6. The van der Waals surface area contributed by atoms with Gasteiger partial charge in [0, 0.05) is 28.7 Å². The third-order valence-electron chi connectivity index (χ3n) is 5.46. The molecule has 11 heteroatoms. The predicted octanol–water partition coefficient (Wildman–Crippen LogP) is 5.64. The van der Waals surface area contributed by atoms with Crippen LogP contribution in [0.2, 0.25) is 5.02 Å². The van der Waals surface area contributed by atoms with E-state index in [4.69, 9.17) is 11.6 Å². The minimum atomic E-state index is -1.01. The molecule has 0 saturated carbocycles. The van der Waals surface area contributed by atoms with Crippen LogP contribution in [-0.2, 0) is 15.3 Å². The largest absolute Gasteiger partial charge is 0.507 e. The molecule has 1 fully saturated rings. The van der Waals surface area contributed by atoms with Crippen LogP contribution in [0.15, 0.2) is 83.0 Å². The Morgan fingerprint density at radius 3 is 2.42 bits per heavy atom. The first-order chi connectivity index (χ1) is 17.4. The topological polar surface area (TPSA) is 96.3 Å². The third kappa shape index (κ3) is 4.75. The van der Waals surface area contributed by atoms with E-state index in [1.807, 2.05) is 12.1 Å². The van der Waals surface area contributed by atoms with Gasteiger partial charge < -0.3 is 5.11 Å². The molecule has 5 rings (SSSR count). The number of aliphatic hydroxyl groups is 1. The maximum absolute atomic E-state index is 13.7. The molecule has 0 spiro atoms. The van der Waals surface area contributed by atoms with E-state index in [0.29, 0.717) is 26.2 Å². The Balaban J connectivity index is 1.52. The number of Topliss-reactive ketones (excluding diaryl/α,β-unsaturated/α-hetero) is 1. The smallest absolute Gasteiger partial charge is 0.301 e. The summed E-state index contributed by atoms with van der Waals surface area (Å²) in [7, 11) is 0. The monoisotopic (exact) mass is 538 g/mol. The fraction of sp³-hybridized carbons (Fsp3) is 0.0800. The van der Waals surface area contributed by atoms with E-state index < -0.39 is 23.5 Å². The van der Waals surface area contributed by atoms with Crippen LogP contribution in [0.4, 0.5) is 9.52 Å². The van der Waals surface area contributed by atoms with E-state index in [1.54, 1.807) is 12.1 Å². The van der Waals surface area contributed by atoms with Crippen LogP contribution < -0.4 is 4.90 Å². The summed E-state index contributed by atoms with van der Waals surface area (Å²) in [6.45, 7) is 0. The Morgan fingerprint density at radius 1 is 1.03 bits per heavy atom. The van der Waals surface area contributed by atoms with Crippen molar-refractivity contribution in [1.29, 1.82) is 0 Å². The predicted molar refractivity (Wildman–Crippen MR) is 136 cm³/mol. The van der Waals surface area contributed by atoms with Gasteiger partial charge in [0.25, 0.3) is 5.78 Å². The first kappa shape index (κ1) is 24.1. The Bertz CT molecular complexity index is 1460. The van der Waals surface area contributed by atoms with Crippen molar-refractivity contribution >= 4 is 57.3 Å². The van der Waals surface area contributed by atoms with E-state index in [2.05, 4.69) is 15.2 Å². The van der Waals surface area contributed by atoms with Crippen molar-refractivity contribution in [3.05, 3.63) is 106 Å². The van der Waals surface area contributed by atoms with Crippen molar-refractivity contribution in [1.82, 2.24) is 15.2 Å². The molecular weight excluding hydrogens is 523 g/mol. The Morgan fingerprint density at radius 2 is 1.72 bits per heavy atom. The number of anilines is 1. The van der Waals surface area contributed by atoms with Gasteiger partial charge in [-0.2, -0.15) is 0 Å². The van der Waals surface area contributed by atoms with Crippen LogP contribution in [0.25, 0.3) is 5.76 Å². The van der Waals surface area contributed by atoms with Gasteiger partial charge in [-0.25, -0.2) is 4.39 Å². The fourth-order valence-electron chi connectivity index (χ4n) is 3.74. The molecule has 7 nitrogen and oxygen atoms in total. The van der Waals surface area contributed by atoms with Crippen LogP contribution in [-0.4, -0.2) is 32.0 Å². The number of thioether (sulfide) groups is 1. The summed E-state index contributed by atoms with van der Waals surface area (Å²) >= 11 is 8.51. The lowest BCUT2D eigenvalue weighted by Gasteiger charge is -2.22. The summed E-state index contributed by atoms with van der Waals surface area (Å²) in [5.41, 5.74) is 1.68. The van der Waals surface area contributed by atoms with Crippen LogP contribution in [0.3, 0.4) is 0 Å². The molecule has 1 aliphatic heterocycles. The molecule has 36 heavy (non-hydrogen) atoms. The number of carbonyl (C=O) groups excluding carboxylic acids is 2. The second kappa shape index (κ2) is 10.2. The Labute approximate surface area is 218 Å². The van der Waals surface area contributed by atoms with Crippen molar-refractivity contribution < 1.29 is 19.1 Å². The molecule has 180 valence electrons. The quantitative estimate of drug-likeness (QED) is 0.111. The van der Waals surface area contributed by atoms with Gasteiger partial charge in [0.1, 0.15) is 11.6 Å². The van der Waals surface area contributed by atoms with E-state index in [1.165, 1.54) is 65.5 Å². The van der Waals surface area contributed by atoms with Crippen molar-refractivity contribution in [2.24, 2.45) is 0 Å². The highest BCUT2D eigenvalue weighted by atomic mass is 35.5. The number of hydrogen-bond donors (Lipinski definition) is 1. The zero-order chi connectivity index (χ0) is 25.2. The molecule has 0 aliphatic carbocycles. The number of aromatic nitrogens is 3. The normalized spacial score (nSPS) is 17.1. The van der Waals surface area contributed by atoms with E-state index in [9.17, 15) is 19.1 Å². The highest BCUT2D eigenvalue weighted by Gasteiger charge is 2.48. The van der Waals surface area contributed by atoms with Crippen molar-refractivity contribution in [2.75, 3.05) is 4.90 Å². The maximum Gasteiger partial charge on any atom is 0.301 e. The van der Waals surface area contributed by atoms with E-state index >= 15 is 0 Å². The van der Waals surface area contributed by atoms with Crippen LogP contribution >= 0.6 is 34.7 Å². The van der Waals surface area contributed by atoms with E-state index in [-0.39, 0.29) is 16.5 Å². The van der Waals surface area contributed by atoms with Gasteiger partial charge in [-0.1, -0.05) is 59.0 Å². The van der Waals surface area contributed by atoms with Crippen molar-refractivity contribution in [3.8, 4) is 0 Å². The van der Waals surface area contributed by atoms with Crippen LogP contribution in [0, 0.1) is 5.82 Å². The summed E-state index contributed by atoms with van der Waals surface area (Å²) in [5, 5.41) is 20.2. The zero-order valence-electron chi connectivity index (χ0n) is 18.3. The molecule has 1 N–H and O–H groups in total. The van der Waals surface area contributed by atoms with Crippen LogP contribution in [0.5, 0.6) is 0 Å². The lowest BCUT2D eigenvalue weighted by atomic mass is 9.95. The minimum absolute atomic E-state index is 0.122. The molecule has 3 heterocycles. The second-order valence-electron chi connectivity index (χ2n) is 7.72. The summed E-state index contributed by atoms with van der Waals surface area (Å²) in [6.07, 6.45) is 2.93. The minimum Gasteiger partial charge on any atom is -0.507 e. The van der Waals surface area contributed by atoms with Gasteiger partial charge in [-0.15, -0.1) is 10.2 Å². The summed E-state index contributed by atoms with van der Waals surface area (Å²) < 4.78 is 14.3. The van der Waals surface area contributed by atoms with Gasteiger partial charge in [0.15, 0.2) is 4.34 Å². The van der Waals surface area contributed by atoms with Gasteiger partial charge in [-0.05, 0) is 47.5 Å². The molecule has 1 amide bonds. The average molecular weight is 539 g/mol. The number of carbonyl (C=O) groups is 2. The zero-order valence-corrected chi connectivity index (χ0v) is 20.7. The number of halogens is 2. The van der Waals surface area contributed by atoms with Crippen molar-refractivity contribution in [3.63, 3.8) is 0 Å².